The summed E-state index contributed by atoms with van der Waals surface area (Å²) in [7, 11) is -0.209. The third-order valence-electron chi connectivity index (χ3n) is 3.48. The van der Waals surface area contributed by atoms with Gasteiger partial charge in [-0.2, -0.15) is 0 Å². The van der Waals surface area contributed by atoms with Crippen LogP contribution in [-0.2, 0) is 10.0 Å². The molecular weight excluding hydrogens is 326 g/mol. The van der Waals surface area contributed by atoms with Crippen LogP contribution in [0.4, 0.5) is 0 Å². The Hall–Kier alpha value is -1.15. The summed E-state index contributed by atoms with van der Waals surface area (Å²) in [4.78, 5) is 13.4. The van der Waals surface area contributed by atoms with E-state index in [4.69, 9.17) is 0 Å². The molecule has 0 bridgehead atoms. The summed E-state index contributed by atoms with van der Waals surface area (Å²) >= 11 is 0. The van der Waals surface area contributed by atoms with Crippen LogP contribution in [-0.4, -0.2) is 52.5 Å². The molecule has 1 saturated heterocycles. The SMILES string of the molecule is CN(C)C(=O)c1ccc(S(=O)(=O)NC2CCNCC2)cc1.Cl. The van der Waals surface area contributed by atoms with Gasteiger partial charge in [-0.25, -0.2) is 13.1 Å². The smallest absolute Gasteiger partial charge is 0.253 e. The van der Waals surface area contributed by atoms with E-state index in [-0.39, 0.29) is 29.3 Å². The van der Waals surface area contributed by atoms with E-state index in [0.717, 1.165) is 25.9 Å². The first kappa shape index (κ1) is 18.9. The van der Waals surface area contributed by atoms with Gasteiger partial charge >= 0.3 is 0 Å². The van der Waals surface area contributed by atoms with Crippen molar-refractivity contribution in [1.82, 2.24) is 14.9 Å². The molecule has 0 radical (unpaired) electrons. The Bertz CT molecular complexity index is 596. The summed E-state index contributed by atoms with van der Waals surface area (Å²) in [6, 6.07) is 6.00. The van der Waals surface area contributed by atoms with Gasteiger partial charge in [-0.05, 0) is 50.2 Å². The van der Waals surface area contributed by atoms with Gasteiger partial charge in [0.2, 0.25) is 10.0 Å². The number of amides is 1. The summed E-state index contributed by atoms with van der Waals surface area (Å²) in [5.41, 5.74) is 0.473. The largest absolute Gasteiger partial charge is 0.345 e. The molecule has 1 amide bonds. The lowest BCUT2D eigenvalue weighted by Gasteiger charge is -2.23. The topological polar surface area (TPSA) is 78.5 Å². The first-order chi connectivity index (χ1) is 9.90. The van der Waals surface area contributed by atoms with Gasteiger partial charge in [-0.1, -0.05) is 0 Å². The van der Waals surface area contributed by atoms with Crippen molar-refractivity contribution in [2.75, 3.05) is 27.2 Å². The number of carbonyl (C=O) groups excluding carboxylic acids is 1. The van der Waals surface area contributed by atoms with Crippen molar-refractivity contribution in [3.8, 4) is 0 Å². The van der Waals surface area contributed by atoms with E-state index in [9.17, 15) is 13.2 Å². The lowest BCUT2D eigenvalue weighted by molar-refractivity contribution is 0.0827. The second-order valence-corrected chi connectivity index (χ2v) is 7.08. The monoisotopic (exact) mass is 347 g/mol. The molecule has 0 spiro atoms. The zero-order chi connectivity index (χ0) is 15.5. The highest BCUT2D eigenvalue weighted by molar-refractivity contribution is 7.89. The van der Waals surface area contributed by atoms with E-state index in [1.807, 2.05) is 0 Å². The summed E-state index contributed by atoms with van der Waals surface area (Å²) in [6.07, 6.45) is 1.58. The van der Waals surface area contributed by atoms with Gasteiger partial charge in [0.1, 0.15) is 0 Å². The molecule has 124 valence electrons. The van der Waals surface area contributed by atoms with Gasteiger partial charge in [-0.15, -0.1) is 12.4 Å². The van der Waals surface area contributed by atoms with Crippen molar-refractivity contribution < 1.29 is 13.2 Å². The number of piperidine rings is 1. The third kappa shape index (κ3) is 4.67. The van der Waals surface area contributed by atoms with Crippen LogP contribution in [0.25, 0.3) is 0 Å². The second-order valence-electron chi connectivity index (χ2n) is 5.37. The van der Waals surface area contributed by atoms with Crippen LogP contribution in [0.5, 0.6) is 0 Å². The molecule has 0 aliphatic carbocycles. The predicted molar refractivity (Wildman–Crippen MR) is 87.9 cm³/mol. The van der Waals surface area contributed by atoms with Crippen molar-refractivity contribution in [1.29, 1.82) is 0 Å². The van der Waals surface area contributed by atoms with Crippen LogP contribution in [0.1, 0.15) is 23.2 Å². The van der Waals surface area contributed by atoms with Gasteiger partial charge in [0.15, 0.2) is 0 Å². The molecule has 6 nitrogen and oxygen atoms in total. The van der Waals surface area contributed by atoms with Gasteiger partial charge in [-0.3, -0.25) is 4.79 Å². The molecule has 1 heterocycles. The summed E-state index contributed by atoms with van der Waals surface area (Å²) in [5.74, 6) is -0.148. The van der Waals surface area contributed by atoms with Gasteiger partial charge < -0.3 is 10.2 Å². The molecule has 22 heavy (non-hydrogen) atoms. The summed E-state index contributed by atoms with van der Waals surface area (Å²) in [5, 5.41) is 3.19. The number of rotatable bonds is 4. The standard InChI is InChI=1S/C14H21N3O3S.ClH/c1-17(2)14(18)11-3-5-13(6-4-11)21(19,20)16-12-7-9-15-10-8-12;/h3-6,12,15-16H,7-10H2,1-2H3;1H. The number of hydrogen-bond acceptors (Lipinski definition) is 4. The fraction of sp³-hybridized carbons (Fsp3) is 0.500. The number of nitrogens with zero attached hydrogens (tertiary/aromatic N) is 1. The molecule has 1 aromatic rings. The third-order valence-corrected chi connectivity index (χ3v) is 5.02. The maximum Gasteiger partial charge on any atom is 0.253 e. The maximum atomic E-state index is 12.3. The van der Waals surface area contributed by atoms with Crippen LogP contribution in [0, 0.1) is 0 Å². The van der Waals surface area contributed by atoms with Crippen LogP contribution >= 0.6 is 12.4 Å². The Morgan fingerprint density at radius 2 is 1.73 bits per heavy atom. The maximum absolute atomic E-state index is 12.3. The van der Waals surface area contributed by atoms with Crippen molar-refractivity contribution in [2.45, 2.75) is 23.8 Å². The van der Waals surface area contributed by atoms with Gasteiger partial charge in [0, 0.05) is 25.7 Å². The highest BCUT2D eigenvalue weighted by Gasteiger charge is 2.22. The Balaban J connectivity index is 0.00000242. The van der Waals surface area contributed by atoms with Crippen LogP contribution in [0.2, 0.25) is 0 Å². The first-order valence-electron chi connectivity index (χ1n) is 6.95. The molecular formula is C14H22ClN3O3S. The molecule has 0 unspecified atom stereocenters. The minimum Gasteiger partial charge on any atom is -0.345 e. The van der Waals surface area contributed by atoms with E-state index >= 15 is 0 Å². The minimum absolute atomic E-state index is 0. The van der Waals surface area contributed by atoms with Gasteiger partial charge in [0.25, 0.3) is 5.91 Å². The van der Waals surface area contributed by atoms with Crippen molar-refractivity contribution in [2.24, 2.45) is 0 Å². The molecule has 1 fully saturated rings. The van der Waals surface area contributed by atoms with E-state index in [1.54, 1.807) is 26.2 Å². The molecule has 1 aromatic carbocycles. The van der Waals surface area contributed by atoms with E-state index in [0.29, 0.717) is 5.56 Å². The first-order valence-corrected chi connectivity index (χ1v) is 8.43. The Labute approximate surface area is 137 Å². The molecule has 0 aromatic heterocycles. The molecule has 0 saturated carbocycles. The van der Waals surface area contributed by atoms with E-state index in [2.05, 4.69) is 10.0 Å². The average molecular weight is 348 g/mol. The average Bonchev–Trinajstić information content (AvgIpc) is 2.47. The molecule has 2 N–H and O–H groups in total. The molecule has 1 aliphatic heterocycles. The van der Waals surface area contributed by atoms with E-state index in [1.165, 1.54) is 17.0 Å². The molecule has 1 aliphatic rings. The second kappa shape index (κ2) is 7.92. The normalized spacial score (nSPS) is 15.9. The van der Waals surface area contributed by atoms with Gasteiger partial charge in [0.05, 0.1) is 4.90 Å². The fourth-order valence-corrected chi connectivity index (χ4v) is 3.57. The Kier molecular flexibility index (Phi) is 6.80. The Morgan fingerprint density at radius 1 is 1.18 bits per heavy atom. The number of sulfonamides is 1. The minimum atomic E-state index is -3.53. The quantitative estimate of drug-likeness (QED) is 0.846. The summed E-state index contributed by atoms with van der Waals surface area (Å²) in [6.45, 7) is 1.65. The molecule has 2 rings (SSSR count). The number of nitrogens with one attached hydrogen (secondary N) is 2. The van der Waals surface area contributed by atoms with Crippen molar-refractivity contribution in [3.63, 3.8) is 0 Å². The molecule has 8 heteroatoms. The highest BCUT2D eigenvalue weighted by Crippen LogP contribution is 2.14. The van der Waals surface area contributed by atoms with E-state index < -0.39 is 10.0 Å². The predicted octanol–water partition coefficient (Wildman–Crippen LogP) is 0.841. The highest BCUT2D eigenvalue weighted by atomic mass is 35.5. The summed E-state index contributed by atoms with van der Waals surface area (Å²) < 4.78 is 27.3. The van der Waals surface area contributed by atoms with Crippen molar-refractivity contribution in [3.05, 3.63) is 29.8 Å². The van der Waals surface area contributed by atoms with Crippen LogP contribution in [0.15, 0.2) is 29.2 Å². The zero-order valence-corrected chi connectivity index (χ0v) is 14.3. The lowest BCUT2D eigenvalue weighted by atomic mass is 10.1. The molecule has 0 atom stereocenters. The lowest BCUT2D eigenvalue weighted by Crippen LogP contribution is -2.42. The number of carbonyl (C=O) groups is 1. The van der Waals surface area contributed by atoms with Crippen LogP contribution in [0.3, 0.4) is 0 Å². The zero-order valence-electron chi connectivity index (χ0n) is 12.7. The number of halogens is 1. The van der Waals surface area contributed by atoms with Crippen LogP contribution < -0.4 is 10.0 Å². The fourth-order valence-electron chi connectivity index (χ4n) is 2.26. The number of benzene rings is 1. The Morgan fingerprint density at radius 3 is 2.23 bits per heavy atom. The van der Waals surface area contributed by atoms with Crippen molar-refractivity contribution >= 4 is 28.3 Å². The number of hydrogen-bond donors (Lipinski definition) is 2.